The van der Waals surface area contributed by atoms with Gasteiger partial charge in [0.1, 0.15) is 0 Å². The van der Waals surface area contributed by atoms with Crippen LogP contribution in [-0.2, 0) is 14.3 Å². The van der Waals surface area contributed by atoms with Crippen LogP contribution in [0.25, 0.3) is 0 Å². The van der Waals surface area contributed by atoms with Crippen molar-refractivity contribution in [2.75, 3.05) is 13.2 Å². The fraction of sp³-hybridized carbons (Fsp3) is 0.857. The fourth-order valence-corrected chi connectivity index (χ4v) is 3.34. The average Bonchev–Trinajstić information content (AvgIpc) is 2.38. The summed E-state index contributed by atoms with van der Waals surface area (Å²) in [4.78, 5) is 22.5. The molecule has 0 radical (unpaired) electrons. The van der Waals surface area contributed by atoms with Gasteiger partial charge in [-0.15, -0.1) is 0 Å². The first-order valence-electron chi connectivity index (χ1n) is 7.21. The second-order valence-corrected chi connectivity index (χ2v) is 6.12. The summed E-state index contributed by atoms with van der Waals surface area (Å²) < 4.78 is 5.32. The molecule has 6 nitrogen and oxygen atoms in total. The van der Waals surface area contributed by atoms with E-state index in [-0.39, 0.29) is 42.2 Å². The minimum atomic E-state index is -0.884. The molecule has 3 N–H and O–H groups in total. The summed E-state index contributed by atoms with van der Waals surface area (Å²) in [6.45, 7) is 3.01. The van der Waals surface area contributed by atoms with Crippen molar-refractivity contribution in [1.82, 2.24) is 5.32 Å². The molecule has 1 aliphatic carbocycles. The summed E-state index contributed by atoms with van der Waals surface area (Å²) in [5.41, 5.74) is -0.232. The lowest BCUT2D eigenvalue weighted by atomic mass is 9.58. The highest BCUT2D eigenvalue weighted by Crippen LogP contribution is 2.48. The van der Waals surface area contributed by atoms with Crippen molar-refractivity contribution in [2.45, 2.75) is 51.2 Å². The van der Waals surface area contributed by atoms with Crippen LogP contribution in [0.15, 0.2) is 0 Å². The lowest BCUT2D eigenvalue weighted by Gasteiger charge is -2.55. The molecule has 1 heterocycles. The van der Waals surface area contributed by atoms with E-state index < -0.39 is 5.97 Å². The van der Waals surface area contributed by atoms with Gasteiger partial charge >= 0.3 is 5.97 Å². The molecule has 1 saturated carbocycles. The van der Waals surface area contributed by atoms with Gasteiger partial charge in [0.25, 0.3) is 0 Å². The van der Waals surface area contributed by atoms with E-state index in [1.54, 1.807) is 6.92 Å². The molecule has 3 unspecified atom stereocenters. The van der Waals surface area contributed by atoms with Crippen LogP contribution in [0.3, 0.4) is 0 Å². The largest absolute Gasteiger partial charge is 0.481 e. The molecular weight excluding hydrogens is 262 g/mol. The second-order valence-electron chi connectivity index (χ2n) is 6.12. The first-order chi connectivity index (χ1) is 9.44. The van der Waals surface area contributed by atoms with Gasteiger partial charge in [-0.2, -0.15) is 0 Å². The summed E-state index contributed by atoms with van der Waals surface area (Å²) in [5.74, 6) is -1.19. The Morgan fingerprint density at radius 1 is 1.35 bits per heavy atom. The highest BCUT2D eigenvalue weighted by Gasteiger charge is 2.55. The number of hydrogen-bond donors (Lipinski definition) is 3. The predicted octanol–water partition coefficient (Wildman–Crippen LogP) is 0.533. The van der Waals surface area contributed by atoms with Gasteiger partial charge < -0.3 is 20.3 Å². The maximum Gasteiger partial charge on any atom is 0.303 e. The number of aliphatic carboxylic acids is 1. The van der Waals surface area contributed by atoms with E-state index in [0.29, 0.717) is 19.6 Å². The zero-order valence-electron chi connectivity index (χ0n) is 11.8. The summed E-state index contributed by atoms with van der Waals surface area (Å²) in [5, 5.41) is 21.7. The Hall–Kier alpha value is -1.14. The number of nitrogens with one attached hydrogen (secondary N) is 1. The van der Waals surface area contributed by atoms with E-state index in [1.807, 2.05) is 0 Å². The molecule has 2 aliphatic rings. The molecule has 0 aromatic carbocycles. The van der Waals surface area contributed by atoms with E-state index in [0.717, 1.165) is 12.8 Å². The molecule has 114 valence electrons. The Balaban J connectivity index is 1.83. The molecule has 1 aliphatic heterocycles. The highest BCUT2D eigenvalue weighted by molar-refractivity contribution is 5.77. The number of hydrogen-bond acceptors (Lipinski definition) is 4. The Labute approximate surface area is 118 Å². The number of rotatable bonds is 5. The molecule has 0 bridgehead atoms. The van der Waals surface area contributed by atoms with Crippen molar-refractivity contribution in [1.29, 1.82) is 0 Å². The first-order valence-corrected chi connectivity index (χ1v) is 7.21. The fourth-order valence-electron chi connectivity index (χ4n) is 3.34. The molecule has 1 spiro atoms. The third-order valence-corrected chi connectivity index (χ3v) is 4.63. The van der Waals surface area contributed by atoms with Crippen LogP contribution in [0.2, 0.25) is 0 Å². The van der Waals surface area contributed by atoms with Crippen molar-refractivity contribution in [2.24, 2.45) is 11.3 Å². The zero-order valence-corrected chi connectivity index (χ0v) is 11.8. The van der Waals surface area contributed by atoms with Crippen LogP contribution in [0, 0.1) is 11.3 Å². The molecule has 20 heavy (non-hydrogen) atoms. The summed E-state index contributed by atoms with van der Waals surface area (Å²) in [6, 6.07) is -0.00840. The van der Waals surface area contributed by atoms with E-state index in [2.05, 4.69) is 5.32 Å². The van der Waals surface area contributed by atoms with E-state index >= 15 is 0 Å². The number of carbonyl (C=O) groups excluding carboxylic acids is 1. The Morgan fingerprint density at radius 3 is 2.55 bits per heavy atom. The first kappa shape index (κ1) is 15.3. The van der Waals surface area contributed by atoms with Crippen LogP contribution >= 0.6 is 0 Å². The van der Waals surface area contributed by atoms with Gasteiger partial charge in [0.15, 0.2) is 0 Å². The molecule has 6 heteroatoms. The molecule has 3 atom stereocenters. The standard InChI is InChI=1S/C14H23NO5/c1-9(7-13(18)19)6-12(17)15-10-8-11(16)14(10)2-4-20-5-3-14/h9-11,16H,2-8H2,1H3,(H,15,17)(H,18,19). The third-order valence-electron chi connectivity index (χ3n) is 4.63. The van der Waals surface area contributed by atoms with Crippen molar-refractivity contribution in [3.8, 4) is 0 Å². The molecule has 2 rings (SSSR count). The van der Waals surface area contributed by atoms with Crippen molar-refractivity contribution in [3.05, 3.63) is 0 Å². The number of carboxylic acid groups (broad SMARTS) is 1. The van der Waals surface area contributed by atoms with Crippen LogP contribution in [-0.4, -0.2) is 47.4 Å². The average molecular weight is 285 g/mol. The quantitative estimate of drug-likeness (QED) is 0.685. The number of amides is 1. The maximum atomic E-state index is 12.0. The lowest BCUT2D eigenvalue weighted by Crippen LogP contribution is -2.65. The predicted molar refractivity (Wildman–Crippen MR) is 71.1 cm³/mol. The van der Waals surface area contributed by atoms with Crippen molar-refractivity contribution < 1.29 is 24.5 Å². The number of aliphatic hydroxyl groups is 1. The molecule has 0 aromatic rings. The van der Waals surface area contributed by atoms with E-state index in [1.165, 1.54) is 0 Å². The molecule has 1 saturated heterocycles. The molecular formula is C14H23NO5. The van der Waals surface area contributed by atoms with Gasteiger partial charge in [0, 0.05) is 37.5 Å². The van der Waals surface area contributed by atoms with Gasteiger partial charge in [-0.25, -0.2) is 0 Å². The van der Waals surface area contributed by atoms with Crippen LogP contribution in [0.4, 0.5) is 0 Å². The number of carbonyl (C=O) groups is 2. The Morgan fingerprint density at radius 2 is 2.00 bits per heavy atom. The number of aliphatic hydroxyl groups excluding tert-OH is 1. The molecule has 1 amide bonds. The monoisotopic (exact) mass is 285 g/mol. The van der Waals surface area contributed by atoms with Crippen LogP contribution in [0.1, 0.15) is 39.0 Å². The topological polar surface area (TPSA) is 95.9 Å². The van der Waals surface area contributed by atoms with Crippen LogP contribution < -0.4 is 5.32 Å². The summed E-state index contributed by atoms with van der Waals surface area (Å²) >= 11 is 0. The minimum absolute atomic E-state index is 0.000303. The van der Waals surface area contributed by atoms with Crippen LogP contribution in [0.5, 0.6) is 0 Å². The smallest absolute Gasteiger partial charge is 0.303 e. The van der Waals surface area contributed by atoms with E-state index in [9.17, 15) is 14.7 Å². The van der Waals surface area contributed by atoms with Gasteiger partial charge in [-0.3, -0.25) is 9.59 Å². The van der Waals surface area contributed by atoms with Crippen molar-refractivity contribution in [3.63, 3.8) is 0 Å². The summed E-state index contributed by atoms with van der Waals surface area (Å²) in [7, 11) is 0. The molecule has 0 aromatic heterocycles. The number of ether oxygens (including phenoxy) is 1. The maximum absolute atomic E-state index is 12.0. The van der Waals surface area contributed by atoms with Gasteiger partial charge in [0.2, 0.25) is 5.91 Å². The van der Waals surface area contributed by atoms with Gasteiger partial charge in [-0.1, -0.05) is 6.92 Å². The Kier molecular flexibility index (Phi) is 4.65. The van der Waals surface area contributed by atoms with Gasteiger partial charge in [0.05, 0.1) is 6.10 Å². The normalized spacial score (nSPS) is 29.5. The van der Waals surface area contributed by atoms with Gasteiger partial charge in [-0.05, 0) is 25.2 Å². The zero-order chi connectivity index (χ0) is 14.8. The SMILES string of the molecule is CC(CC(=O)O)CC(=O)NC1CC(O)C12CCOCC2. The Bertz CT molecular complexity index is 378. The highest BCUT2D eigenvalue weighted by atomic mass is 16.5. The lowest BCUT2D eigenvalue weighted by molar-refractivity contribution is -0.156. The summed E-state index contributed by atoms with van der Waals surface area (Å²) in [6.07, 6.45) is 1.96. The van der Waals surface area contributed by atoms with Crippen molar-refractivity contribution >= 4 is 11.9 Å². The third kappa shape index (κ3) is 3.12. The molecule has 2 fully saturated rings. The number of carboxylic acids is 1. The minimum Gasteiger partial charge on any atom is -0.481 e. The second kappa shape index (κ2) is 6.10. The van der Waals surface area contributed by atoms with E-state index in [4.69, 9.17) is 9.84 Å².